The molecule has 1 fully saturated rings. The van der Waals surface area contributed by atoms with E-state index in [0.717, 1.165) is 22.4 Å². The lowest BCUT2D eigenvalue weighted by Crippen LogP contribution is -2.47. The summed E-state index contributed by atoms with van der Waals surface area (Å²) < 4.78 is 27.6. The van der Waals surface area contributed by atoms with Crippen molar-refractivity contribution in [1.82, 2.24) is 9.21 Å². The van der Waals surface area contributed by atoms with Crippen molar-refractivity contribution in [3.63, 3.8) is 0 Å². The predicted molar refractivity (Wildman–Crippen MR) is 116 cm³/mol. The molecular formula is C21H26ClN3O3S. The minimum absolute atomic E-state index is 0.0336. The number of anilines is 1. The molecule has 1 N–H and O–H groups in total. The third-order valence-electron chi connectivity index (χ3n) is 5.19. The fraction of sp³-hybridized carbons (Fsp3) is 0.381. The zero-order valence-electron chi connectivity index (χ0n) is 17.1. The Morgan fingerprint density at radius 3 is 2.17 bits per heavy atom. The quantitative estimate of drug-likeness (QED) is 0.798. The van der Waals surface area contributed by atoms with Crippen LogP contribution in [0.5, 0.6) is 0 Å². The van der Waals surface area contributed by atoms with E-state index in [1.54, 1.807) is 6.07 Å². The lowest BCUT2D eigenvalue weighted by molar-refractivity contribution is 0.102. The molecule has 1 saturated heterocycles. The van der Waals surface area contributed by atoms with E-state index in [-0.39, 0.29) is 21.4 Å². The molecule has 156 valence electrons. The fourth-order valence-electron chi connectivity index (χ4n) is 3.57. The van der Waals surface area contributed by atoms with Gasteiger partial charge in [-0.15, -0.1) is 0 Å². The van der Waals surface area contributed by atoms with Crippen molar-refractivity contribution in [3.05, 3.63) is 57.6 Å². The number of carbonyl (C=O) groups excluding carboxylic acids is 1. The predicted octanol–water partition coefficient (Wildman–Crippen LogP) is 3.45. The summed E-state index contributed by atoms with van der Waals surface area (Å²) in [6.45, 7) is 7.97. The molecule has 0 aliphatic carbocycles. The largest absolute Gasteiger partial charge is 0.322 e. The Bertz CT molecular complexity index is 1020. The van der Waals surface area contributed by atoms with Crippen LogP contribution in [0.3, 0.4) is 0 Å². The van der Waals surface area contributed by atoms with E-state index in [9.17, 15) is 13.2 Å². The molecule has 2 aromatic rings. The molecule has 1 heterocycles. The van der Waals surface area contributed by atoms with Crippen LogP contribution in [-0.4, -0.2) is 56.8 Å². The first-order valence-electron chi connectivity index (χ1n) is 9.47. The second kappa shape index (κ2) is 8.44. The van der Waals surface area contributed by atoms with Crippen molar-refractivity contribution in [1.29, 1.82) is 0 Å². The van der Waals surface area contributed by atoms with Gasteiger partial charge in [0.15, 0.2) is 0 Å². The van der Waals surface area contributed by atoms with Crippen LogP contribution in [0.1, 0.15) is 27.0 Å². The maximum atomic E-state index is 13.1. The van der Waals surface area contributed by atoms with Crippen LogP contribution in [0.4, 0.5) is 5.69 Å². The molecule has 3 rings (SSSR count). The number of rotatable bonds is 4. The van der Waals surface area contributed by atoms with Gasteiger partial charge in [-0.25, -0.2) is 8.42 Å². The minimum atomic E-state index is -3.77. The van der Waals surface area contributed by atoms with E-state index in [2.05, 4.69) is 10.2 Å². The highest BCUT2D eigenvalue weighted by molar-refractivity contribution is 7.89. The number of aryl methyl sites for hydroxylation is 3. The summed E-state index contributed by atoms with van der Waals surface area (Å²) in [4.78, 5) is 14.9. The molecule has 2 aromatic carbocycles. The number of hydrogen-bond acceptors (Lipinski definition) is 4. The van der Waals surface area contributed by atoms with E-state index in [1.807, 2.05) is 40.0 Å². The molecule has 0 unspecified atom stereocenters. The number of nitrogens with one attached hydrogen (secondary N) is 1. The summed E-state index contributed by atoms with van der Waals surface area (Å²) in [6.07, 6.45) is 0. The Labute approximate surface area is 177 Å². The SMILES string of the molecule is Cc1cc(C)c(NC(=O)c2ccc(Cl)c(S(=O)(=O)N3CCN(C)CC3)c2)c(C)c1. The number of carbonyl (C=O) groups is 1. The van der Waals surface area contributed by atoms with Crippen molar-refractivity contribution in [2.45, 2.75) is 25.7 Å². The Hall–Kier alpha value is -1.93. The first kappa shape index (κ1) is 21.8. The summed E-state index contributed by atoms with van der Waals surface area (Å²) in [5, 5.41) is 3.02. The average Bonchev–Trinajstić information content (AvgIpc) is 2.65. The summed E-state index contributed by atoms with van der Waals surface area (Å²) in [6, 6.07) is 8.36. The van der Waals surface area contributed by atoms with Gasteiger partial charge in [-0.1, -0.05) is 29.3 Å². The lowest BCUT2D eigenvalue weighted by Gasteiger charge is -2.31. The van der Waals surface area contributed by atoms with Crippen LogP contribution < -0.4 is 5.32 Å². The van der Waals surface area contributed by atoms with Crippen molar-refractivity contribution in [2.24, 2.45) is 0 Å². The third kappa shape index (κ3) is 4.64. The van der Waals surface area contributed by atoms with Crippen molar-refractivity contribution in [2.75, 3.05) is 38.5 Å². The van der Waals surface area contributed by atoms with Gasteiger partial charge in [0, 0.05) is 37.4 Å². The van der Waals surface area contributed by atoms with Crippen LogP contribution in [0.25, 0.3) is 0 Å². The second-order valence-electron chi connectivity index (χ2n) is 7.58. The van der Waals surface area contributed by atoms with E-state index >= 15 is 0 Å². The molecule has 0 atom stereocenters. The molecule has 0 aromatic heterocycles. The Balaban J connectivity index is 1.90. The Morgan fingerprint density at radius 2 is 1.59 bits per heavy atom. The van der Waals surface area contributed by atoms with Crippen molar-refractivity contribution >= 4 is 33.2 Å². The standard InChI is InChI=1S/C21H26ClN3O3S/c1-14-11-15(2)20(16(3)12-14)23-21(26)17-5-6-18(22)19(13-17)29(27,28)25-9-7-24(4)8-10-25/h5-6,11-13H,7-10H2,1-4H3,(H,23,26). The number of hydrogen-bond donors (Lipinski definition) is 1. The van der Waals surface area contributed by atoms with E-state index in [1.165, 1.54) is 16.4 Å². The zero-order valence-corrected chi connectivity index (χ0v) is 18.7. The normalized spacial score (nSPS) is 16.0. The van der Waals surface area contributed by atoms with E-state index in [4.69, 9.17) is 11.6 Å². The molecule has 1 aliphatic heterocycles. The first-order chi connectivity index (χ1) is 13.6. The van der Waals surface area contributed by atoms with Gasteiger partial charge in [-0.2, -0.15) is 4.31 Å². The van der Waals surface area contributed by atoms with Crippen molar-refractivity contribution < 1.29 is 13.2 Å². The fourth-order valence-corrected chi connectivity index (χ4v) is 5.50. The van der Waals surface area contributed by atoms with Gasteiger partial charge in [0.1, 0.15) is 4.90 Å². The molecule has 0 bridgehead atoms. The third-order valence-corrected chi connectivity index (χ3v) is 7.57. The van der Waals surface area contributed by atoms with Crippen LogP contribution in [0.15, 0.2) is 35.2 Å². The number of amides is 1. The highest BCUT2D eigenvalue weighted by Crippen LogP contribution is 2.28. The maximum absolute atomic E-state index is 13.1. The molecule has 0 spiro atoms. The number of sulfonamides is 1. The van der Waals surface area contributed by atoms with E-state index in [0.29, 0.717) is 26.2 Å². The number of nitrogens with zero attached hydrogens (tertiary/aromatic N) is 2. The van der Waals surface area contributed by atoms with Gasteiger partial charge in [-0.3, -0.25) is 4.79 Å². The van der Waals surface area contributed by atoms with Crippen LogP contribution >= 0.6 is 11.6 Å². The van der Waals surface area contributed by atoms with Gasteiger partial charge in [-0.05, 0) is 57.1 Å². The minimum Gasteiger partial charge on any atom is -0.322 e. The van der Waals surface area contributed by atoms with Gasteiger partial charge in [0.2, 0.25) is 10.0 Å². The second-order valence-corrected chi connectivity index (χ2v) is 9.89. The molecule has 29 heavy (non-hydrogen) atoms. The molecule has 8 heteroatoms. The highest BCUT2D eigenvalue weighted by Gasteiger charge is 2.30. The van der Waals surface area contributed by atoms with Gasteiger partial charge in [0.25, 0.3) is 5.91 Å². The Morgan fingerprint density at radius 1 is 1.00 bits per heavy atom. The Kier molecular flexibility index (Phi) is 6.33. The van der Waals surface area contributed by atoms with Crippen LogP contribution in [0, 0.1) is 20.8 Å². The number of piperazine rings is 1. The molecule has 6 nitrogen and oxygen atoms in total. The van der Waals surface area contributed by atoms with Gasteiger partial charge >= 0.3 is 0 Å². The highest BCUT2D eigenvalue weighted by atomic mass is 35.5. The van der Waals surface area contributed by atoms with Crippen molar-refractivity contribution in [3.8, 4) is 0 Å². The number of benzene rings is 2. The van der Waals surface area contributed by atoms with E-state index < -0.39 is 10.0 Å². The molecule has 1 aliphatic rings. The molecule has 1 amide bonds. The first-order valence-corrected chi connectivity index (χ1v) is 11.3. The average molecular weight is 436 g/mol. The summed E-state index contributed by atoms with van der Waals surface area (Å²) in [5.74, 6) is -0.369. The summed E-state index contributed by atoms with van der Waals surface area (Å²) in [5.41, 5.74) is 4.01. The topological polar surface area (TPSA) is 69.7 Å². The zero-order chi connectivity index (χ0) is 21.3. The molecular weight excluding hydrogens is 410 g/mol. The number of likely N-dealkylation sites (N-methyl/N-ethyl adjacent to an activating group) is 1. The summed E-state index contributed by atoms with van der Waals surface area (Å²) >= 11 is 6.21. The summed E-state index contributed by atoms with van der Waals surface area (Å²) in [7, 11) is -1.82. The molecule has 0 saturated carbocycles. The van der Waals surface area contributed by atoms with Gasteiger partial charge in [0.05, 0.1) is 5.02 Å². The maximum Gasteiger partial charge on any atom is 0.255 e. The van der Waals surface area contributed by atoms with Crippen LogP contribution in [-0.2, 0) is 10.0 Å². The lowest BCUT2D eigenvalue weighted by atomic mass is 10.0. The monoisotopic (exact) mass is 435 g/mol. The molecule has 0 radical (unpaired) electrons. The number of halogens is 1. The smallest absolute Gasteiger partial charge is 0.255 e. The van der Waals surface area contributed by atoms with Crippen LogP contribution in [0.2, 0.25) is 5.02 Å². The van der Waals surface area contributed by atoms with Gasteiger partial charge < -0.3 is 10.2 Å².